The van der Waals surface area contributed by atoms with E-state index in [9.17, 15) is 13.2 Å². The number of ether oxygens (including phenoxy) is 1. The van der Waals surface area contributed by atoms with Gasteiger partial charge in [0.1, 0.15) is 6.04 Å². The van der Waals surface area contributed by atoms with Crippen molar-refractivity contribution in [3.63, 3.8) is 0 Å². The first-order valence-electron chi connectivity index (χ1n) is 8.75. The van der Waals surface area contributed by atoms with Gasteiger partial charge in [-0.15, -0.1) is 0 Å². The van der Waals surface area contributed by atoms with Gasteiger partial charge in [-0.25, -0.2) is 8.42 Å². The van der Waals surface area contributed by atoms with Gasteiger partial charge in [0.2, 0.25) is 15.9 Å². The van der Waals surface area contributed by atoms with E-state index in [1.165, 1.54) is 23.5 Å². The van der Waals surface area contributed by atoms with E-state index in [0.717, 1.165) is 6.42 Å². The number of anilines is 2. The summed E-state index contributed by atoms with van der Waals surface area (Å²) in [5, 5.41) is 5.88. The standard InChI is InChI=1S/C17H30N4O4S/c1-5-10-19-15-9-8-13(26(23,24)21(6-2)7-3)11-16(15)20-17(22)14(18)12-25-4/h8-9,11,14,19H,5-7,10,12,18H2,1-4H3,(H,20,22). The number of carbonyl (C=O) groups excluding carboxylic acids is 1. The van der Waals surface area contributed by atoms with Crippen molar-refractivity contribution in [2.75, 3.05) is 44.0 Å². The van der Waals surface area contributed by atoms with Crippen LogP contribution in [0.25, 0.3) is 0 Å². The van der Waals surface area contributed by atoms with Crippen LogP contribution in [0.15, 0.2) is 23.1 Å². The fraction of sp³-hybridized carbons (Fsp3) is 0.588. The topological polar surface area (TPSA) is 114 Å². The predicted molar refractivity (Wildman–Crippen MR) is 104 cm³/mol. The zero-order valence-electron chi connectivity index (χ0n) is 15.9. The van der Waals surface area contributed by atoms with Crippen molar-refractivity contribution in [1.82, 2.24) is 4.31 Å². The first kappa shape index (κ1) is 22.4. The van der Waals surface area contributed by atoms with Crippen molar-refractivity contribution in [2.24, 2.45) is 5.73 Å². The number of sulfonamides is 1. The molecule has 1 amide bonds. The van der Waals surface area contributed by atoms with Crippen LogP contribution in [0.5, 0.6) is 0 Å². The average molecular weight is 387 g/mol. The summed E-state index contributed by atoms with van der Waals surface area (Å²) in [7, 11) is -2.17. The summed E-state index contributed by atoms with van der Waals surface area (Å²) < 4.78 is 31.7. The number of carbonyl (C=O) groups is 1. The van der Waals surface area contributed by atoms with Gasteiger partial charge in [-0.3, -0.25) is 4.79 Å². The number of amides is 1. The maximum atomic E-state index is 12.7. The SMILES string of the molecule is CCCNc1ccc(S(=O)(=O)N(CC)CC)cc1NC(=O)C(N)COC. The van der Waals surface area contributed by atoms with E-state index >= 15 is 0 Å². The monoisotopic (exact) mass is 386 g/mol. The van der Waals surface area contributed by atoms with Gasteiger partial charge in [0.25, 0.3) is 0 Å². The fourth-order valence-corrected chi connectivity index (χ4v) is 3.88. The molecule has 148 valence electrons. The number of hydrogen-bond acceptors (Lipinski definition) is 6. The van der Waals surface area contributed by atoms with Crippen molar-refractivity contribution >= 4 is 27.3 Å². The highest BCUT2D eigenvalue weighted by Crippen LogP contribution is 2.27. The third-order valence-electron chi connectivity index (χ3n) is 3.84. The van der Waals surface area contributed by atoms with E-state index in [2.05, 4.69) is 10.6 Å². The third-order valence-corrected chi connectivity index (χ3v) is 5.89. The van der Waals surface area contributed by atoms with E-state index in [1.54, 1.807) is 19.9 Å². The molecule has 4 N–H and O–H groups in total. The molecule has 1 aromatic carbocycles. The van der Waals surface area contributed by atoms with Crippen LogP contribution < -0.4 is 16.4 Å². The van der Waals surface area contributed by atoms with E-state index in [4.69, 9.17) is 10.5 Å². The highest BCUT2D eigenvalue weighted by molar-refractivity contribution is 7.89. The lowest BCUT2D eigenvalue weighted by molar-refractivity contribution is -0.118. The second-order valence-corrected chi connectivity index (χ2v) is 7.71. The van der Waals surface area contributed by atoms with Crippen LogP contribution in [0.4, 0.5) is 11.4 Å². The highest BCUT2D eigenvalue weighted by Gasteiger charge is 2.23. The lowest BCUT2D eigenvalue weighted by Gasteiger charge is -2.21. The minimum Gasteiger partial charge on any atom is -0.383 e. The Kier molecular flexibility index (Phi) is 9.00. The lowest BCUT2D eigenvalue weighted by atomic mass is 10.2. The summed E-state index contributed by atoms with van der Waals surface area (Å²) >= 11 is 0. The van der Waals surface area contributed by atoms with E-state index < -0.39 is 22.0 Å². The van der Waals surface area contributed by atoms with Crippen LogP contribution in [-0.4, -0.2) is 58.0 Å². The molecular weight excluding hydrogens is 356 g/mol. The molecule has 0 spiro atoms. The summed E-state index contributed by atoms with van der Waals surface area (Å²) in [4.78, 5) is 12.4. The van der Waals surface area contributed by atoms with Crippen LogP contribution >= 0.6 is 0 Å². The molecule has 0 aliphatic rings. The zero-order chi connectivity index (χ0) is 19.7. The number of rotatable bonds is 11. The molecule has 0 saturated heterocycles. The van der Waals surface area contributed by atoms with Gasteiger partial charge in [-0.05, 0) is 24.6 Å². The molecule has 0 radical (unpaired) electrons. The smallest absolute Gasteiger partial charge is 0.243 e. The van der Waals surface area contributed by atoms with Gasteiger partial charge in [-0.2, -0.15) is 4.31 Å². The maximum absolute atomic E-state index is 12.7. The summed E-state index contributed by atoms with van der Waals surface area (Å²) in [6.07, 6.45) is 0.885. The van der Waals surface area contributed by atoms with Crippen LogP contribution in [0.2, 0.25) is 0 Å². The quantitative estimate of drug-likeness (QED) is 0.530. The van der Waals surface area contributed by atoms with Crippen molar-refractivity contribution < 1.29 is 17.9 Å². The summed E-state index contributed by atoms with van der Waals surface area (Å²) in [5.74, 6) is -0.441. The summed E-state index contributed by atoms with van der Waals surface area (Å²) in [5.41, 5.74) is 6.78. The van der Waals surface area contributed by atoms with Gasteiger partial charge in [-0.1, -0.05) is 20.8 Å². The second kappa shape index (κ2) is 10.5. The Hall–Kier alpha value is -1.68. The molecule has 26 heavy (non-hydrogen) atoms. The van der Waals surface area contributed by atoms with Crippen molar-refractivity contribution in [3.8, 4) is 0 Å². The number of hydrogen-bond donors (Lipinski definition) is 3. The molecule has 1 atom stereocenters. The summed E-state index contributed by atoms with van der Waals surface area (Å²) in [6.45, 7) is 7.08. The Labute approximate surface area is 156 Å². The highest BCUT2D eigenvalue weighted by atomic mass is 32.2. The molecular formula is C17H30N4O4S. The fourth-order valence-electron chi connectivity index (χ4n) is 2.39. The maximum Gasteiger partial charge on any atom is 0.243 e. The van der Waals surface area contributed by atoms with E-state index in [1.807, 2.05) is 6.92 Å². The number of nitrogens with two attached hydrogens (primary N) is 1. The lowest BCUT2D eigenvalue weighted by Crippen LogP contribution is -2.39. The molecule has 0 heterocycles. The van der Waals surface area contributed by atoms with Gasteiger partial charge in [0.15, 0.2) is 0 Å². The largest absolute Gasteiger partial charge is 0.383 e. The first-order valence-corrected chi connectivity index (χ1v) is 10.2. The predicted octanol–water partition coefficient (Wildman–Crippen LogP) is 1.45. The molecule has 1 rings (SSSR count). The molecule has 0 aromatic heterocycles. The van der Waals surface area contributed by atoms with Crippen molar-refractivity contribution in [3.05, 3.63) is 18.2 Å². The Morgan fingerprint density at radius 1 is 1.23 bits per heavy atom. The zero-order valence-corrected chi connectivity index (χ0v) is 16.7. The van der Waals surface area contributed by atoms with Crippen LogP contribution in [0, 0.1) is 0 Å². The van der Waals surface area contributed by atoms with Gasteiger partial charge < -0.3 is 21.1 Å². The van der Waals surface area contributed by atoms with Crippen LogP contribution in [0.3, 0.4) is 0 Å². The normalized spacial score (nSPS) is 12.8. The number of methoxy groups -OCH3 is 1. The van der Waals surface area contributed by atoms with Crippen molar-refractivity contribution in [2.45, 2.75) is 38.1 Å². The Morgan fingerprint density at radius 2 is 1.88 bits per heavy atom. The van der Waals surface area contributed by atoms with E-state index in [0.29, 0.717) is 31.0 Å². The van der Waals surface area contributed by atoms with Crippen LogP contribution in [0.1, 0.15) is 27.2 Å². The molecule has 1 aromatic rings. The molecule has 0 bridgehead atoms. The Bertz CT molecular complexity index is 690. The number of nitrogens with zero attached hydrogens (tertiary/aromatic N) is 1. The van der Waals surface area contributed by atoms with E-state index in [-0.39, 0.29) is 11.5 Å². The van der Waals surface area contributed by atoms with Crippen molar-refractivity contribution in [1.29, 1.82) is 0 Å². The minimum absolute atomic E-state index is 0.0704. The molecule has 0 saturated carbocycles. The summed E-state index contributed by atoms with van der Waals surface area (Å²) in [6, 6.07) is 3.81. The first-order chi connectivity index (χ1) is 12.3. The molecule has 0 fully saturated rings. The van der Waals surface area contributed by atoms with Gasteiger partial charge >= 0.3 is 0 Å². The molecule has 0 aliphatic carbocycles. The Morgan fingerprint density at radius 3 is 2.42 bits per heavy atom. The minimum atomic E-state index is -3.63. The Balaban J connectivity index is 3.24. The molecule has 9 heteroatoms. The number of benzene rings is 1. The molecule has 1 unspecified atom stereocenters. The average Bonchev–Trinajstić information content (AvgIpc) is 2.61. The third kappa shape index (κ3) is 5.66. The van der Waals surface area contributed by atoms with Crippen LogP contribution in [-0.2, 0) is 19.6 Å². The molecule has 0 aliphatic heterocycles. The van der Waals surface area contributed by atoms with Gasteiger partial charge in [0, 0.05) is 26.7 Å². The van der Waals surface area contributed by atoms with Gasteiger partial charge in [0.05, 0.1) is 22.9 Å². The second-order valence-electron chi connectivity index (χ2n) is 5.77. The number of nitrogens with one attached hydrogen (secondary N) is 2. The molecule has 8 nitrogen and oxygen atoms in total.